The molecular weight excluding hydrogens is 716 g/mol. The molecule has 2 N–H and O–H groups in total. The topological polar surface area (TPSA) is 163 Å². The Morgan fingerprint density at radius 2 is 1.04 bits per heavy atom. The number of hydrogen-bond donors (Lipinski definition) is 2. The lowest BCUT2D eigenvalue weighted by Crippen LogP contribution is -2.16. The van der Waals surface area contributed by atoms with Crippen LogP contribution in [0.5, 0.6) is 17.2 Å². The number of hydrogen-bond acceptors (Lipinski definition) is 9. The lowest BCUT2D eigenvalue weighted by Gasteiger charge is -2.20. The molecule has 5 rings (SSSR count). The van der Waals surface area contributed by atoms with Crippen molar-refractivity contribution in [3.63, 3.8) is 0 Å². The van der Waals surface area contributed by atoms with Crippen LogP contribution in [0.2, 0.25) is 0 Å². The van der Waals surface area contributed by atoms with Crippen molar-refractivity contribution in [2.45, 2.75) is 77.0 Å². The maximum Gasteiger partial charge on any atom is 0.336 e. The fourth-order valence-corrected chi connectivity index (χ4v) is 6.55. The molecule has 11 nitrogen and oxygen atoms in total. The Kier molecular flexibility index (Phi) is 15.0. The van der Waals surface area contributed by atoms with Crippen molar-refractivity contribution in [1.82, 2.24) is 0 Å². The van der Waals surface area contributed by atoms with Crippen molar-refractivity contribution >= 4 is 45.5 Å². The number of carbonyl (C=O) groups is 2. The molecule has 0 aliphatic heterocycles. The maximum absolute atomic E-state index is 12.8. The van der Waals surface area contributed by atoms with Gasteiger partial charge in [0.05, 0.1) is 30.9 Å². The van der Waals surface area contributed by atoms with Crippen LogP contribution >= 0.6 is 11.6 Å². The highest BCUT2D eigenvalue weighted by Crippen LogP contribution is 2.33. The van der Waals surface area contributed by atoms with E-state index < -0.39 is 23.2 Å². The largest absolute Gasteiger partial charge is 0.493 e. The molecule has 0 aliphatic carbocycles. The van der Waals surface area contributed by atoms with E-state index in [0.717, 1.165) is 49.3 Å². The number of halogens is 1. The highest BCUT2D eigenvalue weighted by atomic mass is 35.5. The normalized spacial score (nSPS) is 11.2. The Morgan fingerprint density at radius 1 is 0.556 bits per heavy atom. The van der Waals surface area contributed by atoms with Crippen LogP contribution in [0.1, 0.15) is 96.1 Å². The molecule has 286 valence electrons. The van der Waals surface area contributed by atoms with Crippen molar-refractivity contribution < 1.29 is 42.8 Å². The summed E-state index contributed by atoms with van der Waals surface area (Å²) in [5, 5.41) is 22.2. The second-order valence-electron chi connectivity index (χ2n) is 13.0. The smallest absolute Gasteiger partial charge is 0.336 e. The van der Waals surface area contributed by atoms with Crippen molar-refractivity contribution in [1.29, 1.82) is 0 Å². The van der Waals surface area contributed by atoms with Gasteiger partial charge in [-0.15, -0.1) is 11.6 Å². The molecule has 2 heterocycles. The molecule has 0 radical (unpaired) electrons. The van der Waals surface area contributed by atoms with Gasteiger partial charge in [0.2, 0.25) is 0 Å². The van der Waals surface area contributed by atoms with Crippen LogP contribution in [0.25, 0.3) is 21.9 Å². The van der Waals surface area contributed by atoms with Gasteiger partial charge in [-0.1, -0.05) is 25.7 Å². The number of aromatic carboxylic acids is 2. The van der Waals surface area contributed by atoms with Gasteiger partial charge in [0.25, 0.3) is 0 Å². The van der Waals surface area contributed by atoms with E-state index >= 15 is 0 Å². The van der Waals surface area contributed by atoms with E-state index in [1.807, 2.05) is 24.3 Å². The highest BCUT2D eigenvalue weighted by Gasteiger charge is 2.26. The Balaban J connectivity index is 1.16. The Labute approximate surface area is 317 Å². The van der Waals surface area contributed by atoms with Gasteiger partial charge in [0, 0.05) is 46.5 Å². The molecule has 0 saturated heterocycles. The maximum atomic E-state index is 12.8. The van der Waals surface area contributed by atoms with Crippen molar-refractivity contribution in [3.8, 4) is 17.2 Å². The Hall–Kier alpha value is -5.29. The molecule has 0 spiro atoms. The number of unbranched alkanes of at least 4 members (excludes halogenated alkanes) is 7. The molecule has 0 unspecified atom stereocenters. The molecule has 0 bridgehead atoms. The molecule has 0 atom stereocenters. The third-order valence-corrected chi connectivity index (χ3v) is 9.37. The van der Waals surface area contributed by atoms with Gasteiger partial charge < -0.3 is 33.3 Å². The zero-order valence-corrected chi connectivity index (χ0v) is 30.9. The first kappa shape index (κ1) is 39.9. The molecule has 0 fully saturated rings. The monoisotopic (exact) mass is 760 g/mol. The molecule has 5 aromatic rings. The van der Waals surface area contributed by atoms with Crippen LogP contribution in [0, 0.1) is 0 Å². The van der Waals surface area contributed by atoms with E-state index in [2.05, 4.69) is 0 Å². The van der Waals surface area contributed by atoms with E-state index in [1.54, 1.807) is 24.3 Å². The Bertz CT molecular complexity index is 2150. The van der Waals surface area contributed by atoms with Gasteiger partial charge in [0.1, 0.15) is 28.4 Å². The predicted octanol–water partition coefficient (Wildman–Crippen LogP) is 9.06. The summed E-state index contributed by atoms with van der Waals surface area (Å²) in [5.41, 5.74) is 0.855. The van der Waals surface area contributed by atoms with Crippen LogP contribution in [0.4, 0.5) is 0 Å². The molecule has 54 heavy (non-hydrogen) atoms. The fourth-order valence-electron chi connectivity index (χ4n) is 6.37. The molecule has 12 heteroatoms. The zero-order chi connectivity index (χ0) is 38.3. The van der Waals surface area contributed by atoms with Crippen LogP contribution in [-0.4, -0.2) is 47.9 Å². The lowest BCUT2D eigenvalue weighted by molar-refractivity contribution is 0.0693. The average molecular weight is 761 g/mol. The molecule has 0 saturated carbocycles. The zero-order valence-electron chi connectivity index (χ0n) is 30.1. The van der Waals surface area contributed by atoms with Crippen LogP contribution in [0.3, 0.4) is 0 Å². The van der Waals surface area contributed by atoms with Gasteiger partial charge in [-0.25, -0.2) is 19.2 Å². The standard InChI is InChI=1S/C42H45ClO11/c43-21-7-10-24-52-37-27-34(41(46)47)32(11-5-1-3-8-22-50-30-17-13-28-15-19-38(44)53-35(28)25-30)40(42(48)49)33(37)12-6-2-4-9-23-51-31-18-14-29-16-20-39(45)54-36(29)26-31/h13-20,25-27H,1-12,21-24H2,(H,46,47)(H,48,49). The molecule has 3 aromatic carbocycles. The molecule has 2 aromatic heterocycles. The summed E-state index contributed by atoms with van der Waals surface area (Å²) in [7, 11) is 0. The number of carboxylic acids is 2. The first-order valence-electron chi connectivity index (χ1n) is 18.4. The summed E-state index contributed by atoms with van der Waals surface area (Å²) in [5.74, 6) is -0.411. The number of carboxylic acid groups (broad SMARTS) is 2. The fraction of sp³-hybridized carbons (Fsp3) is 0.381. The highest BCUT2D eigenvalue weighted by molar-refractivity contribution is 6.17. The van der Waals surface area contributed by atoms with Crippen LogP contribution in [0.15, 0.2) is 85.2 Å². The summed E-state index contributed by atoms with van der Waals surface area (Å²) in [6.07, 6.45) is 8.02. The minimum atomic E-state index is -1.20. The van der Waals surface area contributed by atoms with Crippen molar-refractivity contribution in [2.75, 3.05) is 25.7 Å². The van der Waals surface area contributed by atoms with Crippen LogP contribution in [-0.2, 0) is 12.8 Å². The van der Waals surface area contributed by atoms with Gasteiger partial charge in [-0.2, -0.15) is 0 Å². The van der Waals surface area contributed by atoms with Crippen LogP contribution < -0.4 is 25.5 Å². The van der Waals surface area contributed by atoms with Gasteiger partial charge in [-0.05, 0) is 99.4 Å². The number of benzene rings is 3. The number of fused-ring (bicyclic) bond motifs is 2. The van der Waals surface area contributed by atoms with E-state index in [-0.39, 0.29) is 11.1 Å². The SMILES string of the molecule is O=C(O)c1cc(OCCCCCl)c(CCCCCCOc2ccc3ccc(=O)oc3c2)c(C(=O)O)c1CCCCCCOc1ccc2ccc(=O)oc2c1. The Morgan fingerprint density at radius 3 is 1.56 bits per heavy atom. The number of alkyl halides is 1. The van der Waals surface area contributed by atoms with Crippen molar-refractivity contribution in [2.24, 2.45) is 0 Å². The summed E-state index contributed by atoms with van der Waals surface area (Å²) in [6, 6.07) is 18.3. The quantitative estimate of drug-likeness (QED) is 0.0371. The average Bonchev–Trinajstić information content (AvgIpc) is 3.15. The number of ether oxygens (including phenoxy) is 3. The summed E-state index contributed by atoms with van der Waals surface area (Å²) in [4.78, 5) is 48.4. The molecule has 0 aliphatic rings. The van der Waals surface area contributed by atoms with E-state index in [1.165, 1.54) is 18.2 Å². The minimum absolute atomic E-state index is 0.0137. The van der Waals surface area contributed by atoms with E-state index in [4.69, 9.17) is 34.6 Å². The summed E-state index contributed by atoms with van der Waals surface area (Å²) in [6.45, 7) is 1.20. The third-order valence-electron chi connectivity index (χ3n) is 9.10. The van der Waals surface area contributed by atoms with Gasteiger partial charge in [-0.3, -0.25) is 0 Å². The second kappa shape index (κ2) is 20.2. The summed E-state index contributed by atoms with van der Waals surface area (Å²) < 4.78 is 28.2. The third kappa shape index (κ3) is 11.4. The molecular formula is C42H45ClO11. The first-order chi connectivity index (χ1) is 26.2. The lowest BCUT2D eigenvalue weighted by atomic mass is 9.88. The van der Waals surface area contributed by atoms with Gasteiger partial charge >= 0.3 is 23.2 Å². The first-order valence-corrected chi connectivity index (χ1v) is 18.9. The second-order valence-corrected chi connectivity index (χ2v) is 13.4. The number of rotatable bonds is 23. The van der Waals surface area contributed by atoms with E-state index in [9.17, 15) is 29.4 Å². The predicted molar refractivity (Wildman–Crippen MR) is 206 cm³/mol. The summed E-state index contributed by atoms with van der Waals surface area (Å²) >= 11 is 5.84. The molecule has 0 amide bonds. The van der Waals surface area contributed by atoms with Crippen molar-refractivity contribution in [3.05, 3.63) is 110 Å². The minimum Gasteiger partial charge on any atom is -0.493 e. The van der Waals surface area contributed by atoms with Gasteiger partial charge in [0.15, 0.2) is 0 Å². The van der Waals surface area contributed by atoms with E-state index in [0.29, 0.717) is 104 Å².